The number of para-hydroxylation sites is 1. The minimum atomic E-state index is -0.101. The van der Waals surface area contributed by atoms with Crippen molar-refractivity contribution >= 4 is 11.4 Å². The molecular weight excluding hydrogens is 320 g/mol. The number of hydrogen-bond acceptors (Lipinski definition) is 2. The Labute approximate surface area is 152 Å². The molecule has 26 heavy (non-hydrogen) atoms. The smallest absolute Gasteiger partial charge is 0.255 e. The molecule has 0 spiro atoms. The topological polar surface area (TPSA) is 44.9 Å². The zero-order valence-electron chi connectivity index (χ0n) is 14.1. The lowest BCUT2D eigenvalue weighted by Gasteiger charge is -2.09. The van der Waals surface area contributed by atoms with Crippen LogP contribution in [-0.2, 0) is 0 Å². The molecule has 0 atom stereocenters. The number of hydrogen-bond donors (Lipinski definition) is 2. The Hall–Kier alpha value is -3.59. The van der Waals surface area contributed by atoms with Crippen molar-refractivity contribution in [2.75, 3.05) is 5.32 Å². The van der Waals surface area contributed by atoms with Crippen LogP contribution in [0.15, 0.2) is 102 Å². The number of nitrogens with one attached hydrogen (secondary N) is 2. The zero-order chi connectivity index (χ0) is 17.8. The highest BCUT2D eigenvalue weighted by atomic mass is 16.1. The largest absolute Gasteiger partial charge is 0.354 e. The van der Waals surface area contributed by atoms with Gasteiger partial charge in [-0.25, -0.2) is 0 Å². The first-order valence-corrected chi connectivity index (χ1v) is 8.50. The van der Waals surface area contributed by atoms with Gasteiger partial charge < -0.3 is 10.3 Å². The quantitative estimate of drug-likeness (QED) is 0.519. The number of benzene rings is 3. The first kappa shape index (κ1) is 15.9. The van der Waals surface area contributed by atoms with E-state index in [9.17, 15) is 4.79 Å². The van der Waals surface area contributed by atoms with Gasteiger partial charge in [-0.2, -0.15) is 0 Å². The van der Waals surface area contributed by atoms with Gasteiger partial charge in [0.05, 0.1) is 5.69 Å². The number of aromatic amines is 1. The normalized spacial score (nSPS) is 10.5. The molecule has 0 saturated heterocycles. The fourth-order valence-electron chi connectivity index (χ4n) is 2.93. The molecule has 2 N–H and O–H groups in total. The third-order valence-corrected chi connectivity index (χ3v) is 4.27. The fourth-order valence-corrected chi connectivity index (χ4v) is 2.93. The Balaban J connectivity index is 1.65. The first-order chi connectivity index (χ1) is 12.8. The molecule has 126 valence electrons. The lowest BCUT2D eigenvalue weighted by atomic mass is 10.0. The van der Waals surface area contributed by atoms with Gasteiger partial charge in [-0.15, -0.1) is 0 Å². The summed E-state index contributed by atoms with van der Waals surface area (Å²) in [6.07, 6.45) is 1.69. The lowest BCUT2D eigenvalue weighted by Crippen LogP contribution is -2.09. The Morgan fingerprint density at radius 3 is 1.88 bits per heavy atom. The van der Waals surface area contributed by atoms with Crippen LogP contribution in [0.4, 0.5) is 11.4 Å². The summed E-state index contributed by atoms with van der Waals surface area (Å²) in [6, 6.07) is 30.0. The number of anilines is 2. The monoisotopic (exact) mass is 338 g/mol. The second-order valence-corrected chi connectivity index (χ2v) is 6.07. The Morgan fingerprint density at radius 1 is 0.615 bits per heavy atom. The van der Waals surface area contributed by atoms with Crippen LogP contribution in [0, 0.1) is 0 Å². The molecule has 3 aromatic carbocycles. The molecule has 3 heteroatoms. The molecule has 0 fully saturated rings. The van der Waals surface area contributed by atoms with E-state index in [0.29, 0.717) is 5.56 Å². The molecule has 0 unspecified atom stereocenters. The van der Waals surface area contributed by atoms with Gasteiger partial charge >= 0.3 is 0 Å². The number of aromatic nitrogens is 1. The third-order valence-electron chi connectivity index (χ3n) is 4.27. The van der Waals surface area contributed by atoms with E-state index >= 15 is 0 Å². The van der Waals surface area contributed by atoms with E-state index in [1.54, 1.807) is 6.20 Å². The van der Waals surface area contributed by atoms with Gasteiger partial charge in [-0.05, 0) is 34.9 Å². The average Bonchev–Trinajstić information content (AvgIpc) is 2.71. The molecule has 3 nitrogen and oxygen atoms in total. The van der Waals surface area contributed by atoms with Crippen LogP contribution in [0.25, 0.3) is 22.3 Å². The van der Waals surface area contributed by atoms with E-state index < -0.39 is 0 Å². The molecule has 4 rings (SSSR count). The highest BCUT2D eigenvalue weighted by Gasteiger charge is 2.06. The van der Waals surface area contributed by atoms with Crippen molar-refractivity contribution in [2.45, 2.75) is 0 Å². The van der Waals surface area contributed by atoms with Crippen molar-refractivity contribution in [1.29, 1.82) is 0 Å². The van der Waals surface area contributed by atoms with Crippen molar-refractivity contribution in [3.8, 4) is 22.3 Å². The summed E-state index contributed by atoms with van der Waals surface area (Å²) in [7, 11) is 0. The molecular formula is C23H18N2O. The standard InChI is InChI=1S/C23H18N2O/c26-23-22(15-21(16-24-23)25-20-9-5-2-6-10-20)19-13-11-18(12-14-19)17-7-3-1-4-8-17/h1-16,25H,(H,24,26). The summed E-state index contributed by atoms with van der Waals surface area (Å²) in [4.78, 5) is 15.1. The van der Waals surface area contributed by atoms with E-state index in [-0.39, 0.29) is 5.56 Å². The summed E-state index contributed by atoms with van der Waals surface area (Å²) in [5.74, 6) is 0. The summed E-state index contributed by atoms with van der Waals surface area (Å²) in [6.45, 7) is 0. The van der Waals surface area contributed by atoms with Crippen molar-refractivity contribution < 1.29 is 0 Å². The van der Waals surface area contributed by atoms with Gasteiger partial charge in [-0.1, -0.05) is 72.8 Å². The molecule has 0 radical (unpaired) electrons. The molecule has 0 saturated carbocycles. The van der Waals surface area contributed by atoms with Crippen LogP contribution < -0.4 is 10.9 Å². The number of rotatable bonds is 4. The highest BCUT2D eigenvalue weighted by Crippen LogP contribution is 2.25. The van der Waals surface area contributed by atoms with Gasteiger partial charge in [0, 0.05) is 17.4 Å². The van der Waals surface area contributed by atoms with E-state index in [1.165, 1.54) is 0 Å². The van der Waals surface area contributed by atoms with Gasteiger partial charge in [0.2, 0.25) is 0 Å². The summed E-state index contributed by atoms with van der Waals surface area (Å²) in [5.41, 5.74) is 5.55. The zero-order valence-corrected chi connectivity index (χ0v) is 14.1. The number of H-pyrrole nitrogens is 1. The summed E-state index contributed by atoms with van der Waals surface area (Å²) < 4.78 is 0. The molecule has 1 heterocycles. The highest BCUT2D eigenvalue weighted by molar-refractivity contribution is 5.72. The predicted octanol–water partition coefficient (Wildman–Crippen LogP) is 5.45. The van der Waals surface area contributed by atoms with Crippen molar-refractivity contribution in [2.24, 2.45) is 0 Å². The van der Waals surface area contributed by atoms with Crippen molar-refractivity contribution in [3.05, 3.63) is 108 Å². The Bertz CT molecular complexity index is 1050. The van der Waals surface area contributed by atoms with E-state index in [0.717, 1.165) is 28.1 Å². The SMILES string of the molecule is O=c1[nH]cc(Nc2ccccc2)cc1-c1ccc(-c2ccccc2)cc1. The first-order valence-electron chi connectivity index (χ1n) is 8.50. The van der Waals surface area contributed by atoms with Crippen LogP contribution in [0.3, 0.4) is 0 Å². The van der Waals surface area contributed by atoms with Gasteiger partial charge in [0.25, 0.3) is 5.56 Å². The van der Waals surface area contributed by atoms with Gasteiger partial charge in [0.1, 0.15) is 0 Å². The summed E-state index contributed by atoms with van der Waals surface area (Å²) >= 11 is 0. The lowest BCUT2D eigenvalue weighted by molar-refractivity contribution is 1.24. The maximum absolute atomic E-state index is 12.3. The molecule has 0 bridgehead atoms. The van der Waals surface area contributed by atoms with Crippen LogP contribution in [0.2, 0.25) is 0 Å². The van der Waals surface area contributed by atoms with Crippen LogP contribution in [-0.4, -0.2) is 4.98 Å². The molecule has 0 aliphatic heterocycles. The maximum Gasteiger partial charge on any atom is 0.255 e. The van der Waals surface area contributed by atoms with Crippen LogP contribution in [0.5, 0.6) is 0 Å². The molecule has 1 aromatic heterocycles. The molecule has 4 aromatic rings. The predicted molar refractivity (Wildman–Crippen MR) is 108 cm³/mol. The van der Waals surface area contributed by atoms with Crippen molar-refractivity contribution in [1.82, 2.24) is 4.98 Å². The third kappa shape index (κ3) is 3.42. The van der Waals surface area contributed by atoms with Crippen LogP contribution in [0.1, 0.15) is 0 Å². The van der Waals surface area contributed by atoms with Gasteiger partial charge in [0.15, 0.2) is 0 Å². The molecule has 0 aliphatic carbocycles. The minimum absolute atomic E-state index is 0.101. The number of pyridine rings is 1. The maximum atomic E-state index is 12.3. The summed E-state index contributed by atoms with van der Waals surface area (Å²) in [5, 5.41) is 3.31. The average molecular weight is 338 g/mol. The Morgan fingerprint density at radius 2 is 1.19 bits per heavy atom. The van der Waals surface area contributed by atoms with E-state index in [2.05, 4.69) is 22.4 Å². The van der Waals surface area contributed by atoms with E-state index in [4.69, 9.17) is 0 Å². The second-order valence-electron chi connectivity index (χ2n) is 6.07. The fraction of sp³-hybridized carbons (Fsp3) is 0. The second kappa shape index (κ2) is 7.11. The molecule has 0 aliphatic rings. The van der Waals surface area contributed by atoms with Gasteiger partial charge in [-0.3, -0.25) is 4.79 Å². The van der Waals surface area contributed by atoms with E-state index in [1.807, 2.05) is 78.9 Å². The van der Waals surface area contributed by atoms with Crippen LogP contribution >= 0.6 is 0 Å². The van der Waals surface area contributed by atoms with Crippen molar-refractivity contribution in [3.63, 3.8) is 0 Å². The molecule has 0 amide bonds. The minimum Gasteiger partial charge on any atom is -0.354 e. The Kier molecular flexibility index (Phi) is 4.35.